The number of aliphatic hydroxyl groups excluding tert-OH is 1. The molecule has 18 heavy (non-hydrogen) atoms. The third-order valence-electron chi connectivity index (χ3n) is 2.45. The first kappa shape index (κ1) is 14.5. The van der Waals surface area contributed by atoms with Crippen LogP contribution in [0.5, 0.6) is 0 Å². The van der Waals surface area contributed by atoms with E-state index in [2.05, 4.69) is 10.6 Å². The number of carboxylic acids is 1. The Kier molecular flexibility index (Phi) is 5.11. The van der Waals surface area contributed by atoms with Crippen molar-refractivity contribution < 1.29 is 19.8 Å². The third-order valence-corrected chi connectivity index (χ3v) is 3.57. The van der Waals surface area contributed by atoms with Gasteiger partial charge in [0.15, 0.2) is 0 Å². The predicted molar refractivity (Wildman–Crippen MR) is 69.5 cm³/mol. The third kappa shape index (κ3) is 3.44. The largest absolute Gasteiger partial charge is 0.478 e. The summed E-state index contributed by atoms with van der Waals surface area (Å²) in [5.41, 5.74) is 0.799. The summed E-state index contributed by atoms with van der Waals surface area (Å²) in [7, 11) is 0. The molecule has 1 aromatic rings. The highest BCUT2D eigenvalue weighted by molar-refractivity contribution is 7.16. The number of thiophene rings is 1. The van der Waals surface area contributed by atoms with Crippen molar-refractivity contribution >= 4 is 28.3 Å². The van der Waals surface area contributed by atoms with Gasteiger partial charge < -0.3 is 15.5 Å². The fraction of sp³-hybridized carbons (Fsp3) is 0.455. The minimum absolute atomic E-state index is 0.00211. The van der Waals surface area contributed by atoms with E-state index in [4.69, 9.17) is 10.2 Å². The summed E-state index contributed by atoms with van der Waals surface area (Å²) in [4.78, 5) is 23.5. The van der Waals surface area contributed by atoms with Crippen LogP contribution in [0, 0.1) is 13.8 Å². The van der Waals surface area contributed by atoms with Crippen LogP contribution in [-0.2, 0) is 0 Å². The molecule has 0 aliphatic carbocycles. The maximum absolute atomic E-state index is 11.5. The Balaban J connectivity index is 2.75. The van der Waals surface area contributed by atoms with Crippen molar-refractivity contribution in [2.75, 3.05) is 18.5 Å². The lowest BCUT2D eigenvalue weighted by atomic mass is 10.1. The zero-order valence-corrected chi connectivity index (χ0v) is 11.1. The molecule has 1 heterocycles. The molecule has 1 rings (SSSR count). The van der Waals surface area contributed by atoms with E-state index in [0.29, 0.717) is 23.5 Å². The van der Waals surface area contributed by atoms with Crippen molar-refractivity contribution in [3.63, 3.8) is 0 Å². The van der Waals surface area contributed by atoms with Gasteiger partial charge in [0, 0.05) is 18.0 Å². The number of carbonyl (C=O) groups is 2. The standard InChI is InChI=1S/C11H16N2O4S/c1-6-7(2)18-9(8(6)10(15)16)13-11(17)12-4-3-5-14/h14H,3-5H2,1-2H3,(H,15,16)(H2,12,13,17). The van der Waals surface area contributed by atoms with Crippen LogP contribution in [0.3, 0.4) is 0 Å². The van der Waals surface area contributed by atoms with Crippen molar-refractivity contribution in [2.45, 2.75) is 20.3 Å². The number of aromatic carboxylic acids is 1. The molecule has 0 spiro atoms. The first-order valence-electron chi connectivity index (χ1n) is 5.46. The number of amides is 2. The Hall–Kier alpha value is -1.60. The normalized spacial score (nSPS) is 10.2. The van der Waals surface area contributed by atoms with E-state index in [0.717, 1.165) is 4.88 Å². The maximum atomic E-state index is 11.5. The van der Waals surface area contributed by atoms with Crippen LogP contribution in [0.1, 0.15) is 27.2 Å². The average molecular weight is 272 g/mol. The second-order valence-corrected chi connectivity index (χ2v) is 4.98. The lowest BCUT2D eigenvalue weighted by Gasteiger charge is -2.06. The van der Waals surface area contributed by atoms with Gasteiger partial charge in [0.05, 0.1) is 5.56 Å². The molecule has 0 bridgehead atoms. The monoisotopic (exact) mass is 272 g/mol. The van der Waals surface area contributed by atoms with E-state index in [1.807, 2.05) is 0 Å². The number of urea groups is 1. The first-order chi connectivity index (χ1) is 8.47. The van der Waals surface area contributed by atoms with E-state index in [1.54, 1.807) is 13.8 Å². The number of rotatable bonds is 5. The number of carboxylic acid groups (broad SMARTS) is 1. The summed E-state index contributed by atoms with van der Waals surface area (Å²) >= 11 is 1.23. The predicted octanol–water partition coefficient (Wildman–Crippen LogP) is 1.57. The highest BCUT2D eigenvalue weighted by atomic mass is 32.1. The molecule has 0 aliphatic heterocycles. The van der Waals surface area contributed by atoms with Gasteiger partial charge in [0.1, 0.15) is 5.00 Å². The minimum Gasteiger partial charge on any atom is -0.478 e. The molecule has 2 amide bonds. The summed E-state index contributed by atoms with van der Waals surface area (Å²) in [5.74, 6) is -1.05. The molecule has 7 heteroatoms. The lowest BCUT2D eigenvalue weighted by molar-refractivity contribution is 0.0697. The Morgan fingerprint density at radius 1 is 1.33 bits per heavy atom. The average Bonchev–Trinajstić information content (AvgIpc) is 2.54. The molecular formula is C11H16N2O4S. The van der Waals surface area contributed by atoms with Gasteiger partial charge in [-0.15, -0.1) is 11.3 Å². The molecule has 0 aromatic carbocycles. The van der Waals surface area contributed by atoms with E-state index in [-0.39, 0.29) is 12.2 Å². The van der Waals surface area contributed by atoms with Gasteiger partial charge in [-0.1, -0.05) is 0 Å². The first-order valence-corrected chi connectivity index (χ1v) is 6.28. The van der Waals surface area contributed by atoms with Gasteiger partial charge in [0.2, 0.25) is 0 Å². The zero-order chi connectivity index (χ0) is 13.7. The van der Waals surface area contributed by atoms with Crippen molar-refractivity contribution in [3.8, 4) is 0 Å². The van der Waals surface area contributed by atoms with Crippen LogP contribution >= 0.6 is 11.3 Å². The van der Waals surface area contributed by atoms with Gasteiger partial charge in [-0.25, -0.2) is 9.59 Å². The smallest absolute Gasteiger partial charge is 0.338 e. The molecule has 0 unspecified atom stereocenters. The summed E-state index contributed by atoms with van der Waals surface area (Å²) in [6.07, 6.45) is 0.460. The lowest BCUT2D eigenvalue weighted by Crippen LogP contribution is -2.30. The topological polar surface area (TPSA) is 98.7 Å². The van der Waals surface area contributed by atoms with Crippen molar-refractivity contribution in [3.05, 3.63) is 16.0 Å². The molecule has 0 aliphatic rings. The summed E-state index contributed by atoms with van der Waals surface area (Å²) < 4.78 is 0. The number of anilines is 1. The highest BCUT2D eigenvalue weighted by Crippen LogP contribution is 2.32. The molecular weight excluding hydrogens is 256 g/mol. The zero-order valence-electron chi connectivity index (χ0n) is 10.2. The van der Waals surface area contributed by atoms with E-state index in [1.165, 1.54) is 11.3 Å². The number of aryl methyl sites for hydroxylation is 1. The van der Waals surface area contributed by atoms with Gasteiger partial charge in [-0.3, -0.25) is 5.32 Å². The minimum atomic E-state index is -1.05. The highest BCUT2D eigenvalue weighted by Gasteiger charge is 2.19. The quantitative estimate of drug-likeness (QED) is 0.611. The fourth-order valence-electron chi connectivity index (χ4n) is 1.40. The Morgan fingerprint density at radius 3 is 2.56 bits per heavy atom. The number of carbonyl (C=O) groups excluding carboxylic acids is 1. The number of hydrogen-bond acceptors (Lipinski definition) is 4. The molecule has 1 aromatic heterocycles. The number of nitrogens with one attached hydrogen (secondary N) is 2. The molecule has 6 nitrogen and oxygen atoms in total. The van der Waals surface area contributed by atoms with Gasteiger partial charge in [0.25, 0.3) is 0 Å². The fourth-order valence-corrected chi connectivity index (χ4v) is 2.45. The van der Waals surface area contributed by atoms with Gasteiger partial charge >= 0.3 is 12.0 Å². The second-order valence-electron chi connectivity index (χ2n) is 3.75. The van der Waals surface area contributed by atoms with Crippen LogP contribution in [-0.4, -0.2) is 35.4 Å². The summed E-state index contributed by atoms with van der Waals surface area (Å²) in [6.45, 7) is 3.86. The molecule has 0 fully saturated rings. The van der Waals surface area contributed by atoms with Crippen LogP contribution in [0.15, 0.2) is 0 Å². The van der Waals surface area contributed by atoms with E-state index in [9.17, 15) is 9.59 Å². The van der Waals surface area contributed by atoms with Crippen LogP contribution < -0.4 is 10.6 Å². The molecule has 4 N–H and O–H groups in total. The van der Waals surface area contributed by atoms with Crippen LogP contribution in [0.25, 0.3) is 0 Å². The van der Waals surface area contributed by atoms with Crippen LogP contribution in [0.4, 0.5) is 9.80 Å². The second kappa shape index (κ2) is 6.36. The van der Waals surface area contributed by atoms with Crippen LogP contribution in [0.2, 0.25) is 0 Å². The number of hydrogen-bond donors (Lipinski definition) is 4. The van der Waals surface area contributed by atoms with Crippen molar-refractivity contribution in [2.24, 2.45) is 0 Å². The molecule has 100 valence electrons. The van der Waals surface area contributed by atoms with E-state index < -0.39 is 12.0 Å². The van der Waals surface area contributed by atoms with E-state index >= 15 is 0 Å². The Morgan fingerprint density at radius 2 is 2.00 bits per heavy atom. The SMILES string of the molecule is Cc1sc(NC(=O)NCCCO)c(C(=O)O)c1C. The molecule has 0 atom stereocenters. The summed E-state index contributed by atoms with van der Waals surface area (Å²) in [6, 6.07) is -0.466. The van der Waals surface area contributed by atoms with Gasteiger partial charge in [-0.2, -0.15) is 0 Å². The Bertz CT molecular complexity index is 456. The maximum Gasteiger partial charge on any atom is 0.338 e. The number of aliphatic hydroxyl groups is 1. The Labute approximate surface area is 109 Å². The molecule has 0 radical (unpaired) electrons. The van der Waals surface area contributed by atoms with Gasteiger partial charge in [-0.05, 0) is 25.8 Å². The molecule has 0 saturated heterocycles. The van der Waals surface area contributed by atoms with Crippen molar-refractivity contribution in [1.29, 1.82) is 0 Å². The van der Waals surface area contributed by atoms with Crippen molar-refractivity contribution in [1.82, 2.24) is 5.32 Å². The summed E-state index contributed by atoms with van der Waals surface area (Å²) in [5, 5.41) is 23.0. The molecule has 0 saturated carbocycles.